The van der Waals surface area contributed by atoms with Crippen LogP contribution in [0.2, 0.25) is 0 Å². The van der Waals surface area contributed by atoms with E-state index in [0.717, 1.165) is 37.0 Å². The highest BCUT2D eigenvalue weighted by Crippen LogP contribution is 2.18. The van der Waals surface area contributed by atoms with Crippen LogP contribution in [0, 0.1) is 6.92 Å². The summed E-state index contributed by atoms with van der Waals surface area (Å²) in [4.78, 5) is 11.9. The van der Waals surface area contributed by atoms with Crippen molar-refractivity contribution in [3.05, 3.63) is 29.8 Å². The molecule has 0 aromatic heterocycles. The van der Waals surface area contributed by atoms with Gasteiger partial charge in [0.25, 0.3) is 0 Å². The molecule has 1 aromatic carbocycles. The van der Waals surface area contributed by atoms with Gasteiger partial charge in [-0.1, -0.05) is 18.2 Å². The van der Waals surface area contributed by atoms with Crippen molar-refractivity contribution in [3.63, 3.8) is 0 Å². The molecule has 0 heterocycles. The van der Waals surface area contributed by atoms with Crippen LogP contribution in [0.4, 0.5) is 4.79 Å². The molecule has 0 saturated heterocycles. The normalized spacial score (nSPS) is 22.7. The molecule has 5 nitrogen and oxygen atoms in total. The summed E-state index contributed by atoms with van der Waals surface area (Å²) < 4.78 is 5.73. The molecule has 0 spiro atoms. The number of nitrogens with one attached hydrogen (secondary N) is 2. The van der Waals surface area contributed by atoms with Gasteiger partial charge >= 0.3 is 6.03 Å². The zero-order chi connectivity index (χ0) is 15.9. The Morgan fingerprint density at radius 2 is 2.00 bits per heavy atom. The maximum atomic E-state index is 11.9. The van der Waals surface area contributed by atoms with Crippen LogP contribution in [0.25, 0.3) is 0 Å². The first kappa shape index (κ1) is 16.6. The van der Waals surface area contributed by atoms with Crippen molar-refractivity contribution in [1.82, 2.24) is 10.6 Å². The van der Waals surface area contributed by atoms with E-state index < -0.39 is 0 Å². The monoisotopic (exact) mass is 306 g/mol. The lowest BCUT2D eigenvalue weighted by atomic mass is 9.93. The maximum absolute atomic E-state index is 11.9. The molecule has 1 aliphatic rings. The van der Waals surface area contributed by atoms with E-state index in [-0.39, 0.29) is 24.2 Å². The van der Waals surface area contributed by atoms with Crippen molar-refractivity contribution in [2.45, 2.75) is 57.7 Å². The van der Waals surface area contributed by atoms with Crippen molar-refractivity contribution >= 4 is 6.03 Å². The Bertz CT molecular complexity index is 485. The number of hydrogen-bond acceptors (Lipinski definition) is 3. The Morgan fingerprint density at radius 3 is 2.68 bits per heavy atom. The summed E-state index contributed by atoms with van der Waals surface area (Å²) >= 11 is 0. The summed E-state index contributed by atoms with van der Waals surface area (Å²) in [6.45, 7) is 4.35. The van der Waals surface area contributed by atoms with Gasteiger partial charge < -0.3 is 20.5 Å². The van der Waals surface area contributed by atoms with Gasteiger partial charge in [-0.3, -0.25) is 0 Å². The fourth-order valence-electron chi connectivity index (χ4n) is 2.65. The molecule has 2 amide bonds. The summed E-state index contributed by atoms with van der Waals surface area (Å²) in [6.07, 6.45) is 2.99. The standard InChI is InChI=1S/C17H26N2O3/c1-12-5-3-4-6-16(12)22-11-13(2)18-17(21)19-14-7-9-15(20)10-8-14/h3-6,13-15,20H,7-11H2,1-2H3,(H2,18,19,21)/t13-,14?,15?/m1/s1. The first-order valence-corrected chi connectivity index (χ1v) is 7.98. The average Bonchev–Trinajstić information content (AvgIpc) is 2.49. The van der Waals surface area contributed by atoms with Gasteiger partial charge in [0.05, 0.1) is 12.1 Å². The number of rotatable bonds is 5. The SMILES string of the molecule is Cc1ccccc1OC[C@@H](C)NC(=O)NC1CCC(O)CC1. The van der Waals surface area contributed by atoms with E-state index >= 15 is 0 Å². The Labute approximate surface area is 132 Å². The summed E-state index contributed by atoms with van der Waals surface area (Å²) in [5, 5.41) is 15.3. The molecule has 1 atom stereocenters. The minimum absolute atomic E-state index is 0.0752. The number of carbonyl (C=O) groups is 1. The van der Waals surface area contributed by atoms with Gasteiger partial charge in [-0.05, 0) is 51.2 Å². The number of urea groups is 1. The molecule has 1 saturated carbocycles. The second kappa shape index (κ2) is 8.03. The third-order valence-corrected chi connectivity index (χ3v) is 3.99. The van der Waals surface area contributed by atoms with Crippen molar-refractivity contribution in [3.8, 4) is 5.75 Å². The molecule has 0 unspecified atom stereocenters. The van der Waals surface area contributed by atoms with Crippen LogP contribution in [-0.2, 0) is 0 Å². The lowest BCUT2D eigenvalue weighted by Gasteiger charge is -2.27. The van der Waals surface area contributed by atoms with E-state index in [1.54, 1.807) is 0 Å². The molecule has 1 aromatic rings. The number of hydrogen-bond donors (Lipinski definition) is 3. The number of benzene rings is 1. The molecule has 22 heavy (non-hydrogen) atoms. The van der Waals surface area contributed by atoms with Crippen LogP contribution in [0.5, 0.6) is 5.75 Å². The van der Waals surface area contributed by atoms with Gasteiger partial charge in [0, 0.05) is 6.04 Å². The Kier molecular flexibility index (Phi) is 6.07. The number of para-hydroxylation sites is 1. The highest BCUT2D eigenvalue weighted by atomic mass is 16.5. The average molecular weight is 306 g/mol. The molecule has 5 heteroatoms. The van der Waals surface area contributed by atoms with E-state index in [9.17, 15) is 9.90 Å². The Balaban J connectivity index is 1.69. The van der Waals surface area contributed by atoms with Gasteiger partial charge in [-0.15, -0.1) is 0 Å². The van der Waals surface area contributed by atoms with Crippen molar-refractivity contribution in [2.24, 2.45) is 0 Å². The van der Waals surface area contributed by atoms with E-state index in [0.29, 0.717) is 6.61 Å². The van der Waals surface area contributed by atoms with Crippen LogP contribution < -0.4 is 15.4 Å². The van der Waals surface area contributed by atoms with Crippen LogP contribution in [-0.4, -0.2) is 35.9 Å². The molecular weight excluding hydrogens is 280 g/mol. The third-order valence-electron chi connectivity index (χ3n) is 3.99. The van der Waals surface area contributed by atoms with Crippen molar-refractivity contribution in [1.29, 1.82) is 0 Å². The number of aryl methyl sites for hydroxylation is 1. The first-order chi connectivity index (χ1) is 10.5. The lowest BCUT2D eigenvalue weighted by Crippen LogP contribution is -2.48. The van der Waals surface area contributed by atoms with Crippen LogP contribution in [0.1, 0.15) is 38.2 Å². The van der Waals surface area contributed by atoms with Gasteiger partial charge in [0.15, 0.2) is 0 Å². The highest BCUT2D eigenvalue weighted by molar-refractivity contribution is 5.74. The smallest absolute Gasteiger partial charge is 0.315 e. The van der Waals surface area contributed by atoms with E-state index in [1.807, 2.05) is 38.1 Å². The lowest BCUT2D eigenvalue weighted by molar-refractivity contribution is 0.117. The highest BCUT2D eigenvalue weighted by Gasteiger charge is 2.21. The molecular formula is C17H26N2O3. The zero-order valence-corrected chi connectivity index (χ0v) is 13.3. The predicted molar refractivity (Wildman–Crippen MR) is 86.1 cm³/mol. The summed E-state index contributed by atoms with van der Waals surface area (Å²) in [5.74, 6) is 0.845. The number of aliphatic hydroxyl groups excluding tert-OH is 1. The second-order valence-corrected chi connectivity index (χ2v) is 6.10. The van der Waals surface area contributed by atoms with Gasteiger partial charge in [0.2, 0.25) is 0 Å². The maximum Gasteiger partial charge on any atom is 0.315 e. The number of amides is 2. The molecule has 1 fully saturated rings. The fraction of sp³-hybridized carbons (Fsp3) is 0.588. The molecule has 1 aliphatic carbocycles. The minimum atomic E-state index is -0.206. The molecule has 0 aliphatic heterocycles. The van der Waals surface area contributed by atoms with Gasteiger partial charge in [0.1, 0.15) is 12.4 Å². The predicted octanol–water partition coefficient (Wildman–Crippen LogP) is 2.37. The number of ether oxygens (including phenoxy) is 1. The van der Waals surface area contributed by atoms with E-state index in [1.165, 1.54) is 0 Å². The van der Waals surface area contributed by atoms with Crippen molar-refractivity contribution in [2.75, 3.05) is 6.61 Å². The molecule has 0 radical (unpaired) electrons. The van der Waals surface area contributed by atoms with Crippen LogP contribution in [0.3, 0.4) is 0 Å². The molecule has 0 bridgehead atoms. The van der Waals surface area contributed by atoms with Gasteiger partial charge in [-0.2, -0.15) is 0 Å². The minimum Gasteiger partial charge on any atom is -0.491 e. The summed E-state index contributed by atoms with van der Waals surface area (Å²) in [5.41, 5.74) is 1.08. The summed E-state index contributed by atoms with van der Waals surface area (Å²) in [7, 11) is 0. The summed E-state index contributed by atoms with van der Waals surface area (Å²) in [6, 6.07) is 7.75. The topological polar surface area (TPSA) is 70.6 Å². The van der Waals surface area contributed by atoms with E-state index in [4.69, 9.17) is 4.74 Å². The molecule has 122 valence electrons. The molecule has 3 N–H and O–H groups in total. The quantitative estimate of drug-likeness (QED) is 0.782. The Hall–Kier alpha value is -1.75. The van der Waals surface area contributed by atoms with Gasteiger partial charge in [-0.25, -0.2) is 4.79 Å². The largest absolute Gasteiger partial charge is 0.491 e. The second-order valence-electron chi connectivity index (χ2n) is 6.10. The van der Waals surface area contributed by atoms with Crippen LogP contribution >= 0.6 is 0 Å². The first-order valence-electron chi connectivity index (χ1n) is 7.98. The third kappa shape index (κ3) is 5.22. The zero-order valence-electron chi connectivity index (χ0n) is 13.3. The fourth-order valence-corrected chi connectivity index (χ4v) is 2.65. The van der Waals surface area contributed by atoms with Crippen molar-refractivity contribution < 1.29 is 14.6 Å². The Morgan fingerprint density at radius 1 is 1.32 bits per heavy atom. The number of carbonyl (C=O) groups excluding carboxylic acids is 1. The number of aliphatic hydroxyl groups is 1. The van der Waals surface area contributed by atoms with Crippen LogP contribution in [0.15, 0.2) is 24.3 Å². The van der Waals surface area contributed by atoms with E-state index in [2.05, 4.69) is 10.6 Å². The molecule has 2 rings (SSSR count).